The largest absolute Gasteiger partial charge is 0.492 e. The van der Waals surface area contributed by atoms with Crippen LogP contribution in [0.5, 0.6) is 5.75 Å². The zero-order valence-corrected chi connectivity index (χ0v) is 13.9. The molecule has 0 saturated carbocycles. The molecule has 2 heterocycles. The molecule has 0 unspecified atom stereocenters. The number of rotatable bonds is 6. The molecule has 1 amide bonds. The topological polar surface area (TPSA) is 67.4 Å². The molecule has 0 saturated heterocycles. The van der Waals surface area contributed by atoms with E-state index in [4.69, 9.17) is 4.74 Å². The van der Waals surface area contributed by atoms with Crippen molar-refractivity contribution in [2.75, 3.05) is 26.2 Å². The summed E-state index contributed by atoms with van der Waals surface area (Å²) in [5, 5.41) is 2.90. The molecule has 1 aliphatic rings. The van der Waals surface area contributed by atoms with E-state index in [1.165, 1.54) is 5.56 Å². The van der Waals surface area contributed by atoms with Gasteiger partial charge in [0.15, 0.2) is 0 Å². The Bertz CT molecular complexity index is 691. The van der Waals surface area contributed by atoms with E-state index in [9.17, 15) is 4.79 Å². The maximum atomic E-state index is 12.1. The molecule has 0 bridgehead atoms. The second kappa shape index (κ2) is 7.88. The quantitative estimate of drug-likeness (QED) is 0.812. The zero-order valence-electron chi connectivity index (χ0n) is 13.9. The molecule has 1 aromatic carbocycles. The van der Waals surface area contributed by atoms with Gasteiger partial charge in [0.05, 0.1) is 18.8 Å². The third kappa shape index (κ3) is 4.52. The van der Waals surface area contributed by atoms with Crippen molar-refractivity contribution < 1.29 is 9.53 Å². The first-order chi connectivity index (χ1) is 11.7. The fourth-order valence-corrected chi connectivity index (χ4v) is 2.73. The number of amides is 1. The molecule has 6 heteroatoms. The number of carbonyl (C=O) groups is 1. The molecule has 0 atom stereocenters. The molecular formula is C18H22N4O2. The molecular weight excluding hydrogens is 304 g/mol. The van der Waals surface area contributed by atoms with Crippen molar-refractivity contribution >= 4 is 5.91 Å². The van der Waals surface area contributed by atoms with Crippen molar-refractivity contribution in [3.8, 4) is 5.75 Å². The first kappa shape index (κ1) is 16.4. The van der Waals surface area contributed by atoms with Gasteiger partial charge in [-0.05, 0) is 31.0 Å². The van der Waals surface area contributed by atoms with E-state index in [0.29, 0.717) is 26.2 Å². The normalized spacial score (nSPS) is 14.0. The Labute approximate surface area is 141 Å². The average Bonchev–Trinajstić information content (AvgIpc) is 2.59. The molecule has 24 heavy (non-hydrogen) atoms. The average molecular weight is 326 g/mol. The van der Waals surface area contributed by atoms with Crippen LogP contribution in [0.15, 0.2) is 36.5 Å². The number of aryl methyl sites for hydroxylation is 1. The number of hydrogen-bond donors (Lipinski definition) is 1. The summed E-state index contributed by atoms with van der Waals surface area (Å²) in [4.78, 5) is 22.9. The van der Waals surface area contributed by atoms with E-state index in [1.807, 2.05) is 43.5 Å². The summed E-state index contributed by atoms with van der Waals surface area (Å²) in [5.74, 6) is 1.61. The second-order valence-electron chi connectivity index (χ2n) is 5.86. The number of aromatic nitrogens is 2. The van der Waals surface area contributed by atoms with Crippen molar-refractivity contribution in [3.05, 3.63) is 53.6 Å². The van der Waals surface area contributed by atoms with Gasteiger partial charge < -0.3 is 10.1 Å². The second-order valence-corrected chi connectivity index (χ2v) is 5.86. The highest BCUT2D eigenvalue weighted by Gasteiger charge is 2.19. The number of nitrogens with one attached hydrogen (secondary N) is 1. The van der Waals surface area contributed by atoms with Crippen LogP contribution in [-0.2, 0) is 17.8 Å². The third-order valence-electron chi connectivity index (χ3n) is 3.95. The molecule has 0 fully saturated rings. The van der Waals surface area contributed by atoms with Gasteiger partial charge in [0.25, 0.3) is 0 Å². The Kier molecular flexibility index (Phi) is 5.38. The minimum Gasteiger partial charge on any atom is -0.492 e. The highest BCUT2D eigenvalue weighted by Crippen LogP contribution is 2.15. The standard InChI is InChI=1S/C18H22N4O2/c1-14-20-11-15-7-9-22(12-17(15)21-14)13-18(23)19-8-10-24-16-5-3-2-4-6-16/h2-6,11H,7-10,12-13H2,1H3,(H,19,23). The fraction of sp³-hybridized carbons (Fsp3) is 0.389. The van der Waals surface area contributed by atoms with Crippen LogP contribution in [0.2, 0.25) is 0 Å². The van der Waals surface area contributed by atoms with Crippen LogP contribution < -0.4 is 10.1 Å². The summed E-state index contributed by atoms with van der Waals surface area (Å²) in [5.41, 5.74) is 2.22. The van der Waals surface area contributed by atoms with E-state index in [1.54, 1.807) is 0 Å². The lowest BCUT2D eigenvalue weighted by molar-refractivity contribution is -0.122. The van der Waals surface area contributed by atoms with Gasteiger partial charge >= 0.3 is 0 Å². The van der Waals surface area contributed by atoms with Crippen LogP contribution in [0, 0.1) is 6.92 Å². The SMILES string of the molecule is Cc1ncc2c(n1)CN(CC(=O)NCCOc1ccccc1)CC2. The minimum absolute atomic E-state index is 0.0147. The third-order valence-corrected chi connectivity index (χ3v) is 3.95. The summed E-state index contributed by atoms with van der Waals surface area (Å²) in [6.07, 6.45) is 2.79. The maximum absolute atomic E-state index is 12.1. The minimum atomic E-state index is 0.0147. The smallest absolute Gasteiger partial charge is 0.234 e. The molecule has 2 aromatic rings. The summed E-state index contributed by atoms with van der Waals surface area (Å²) >= 11 is 0. The highest BCUT2D eigenvalue weighted by molar-refractivity contribution is 5.78. The van der Waals surface area contributed by atoms with Crippen LogP contribution >= 0.6 is 0 Å². The Hall–Kier alpha value is -2.47. The Morgan fingerprint density at radius 3 is 3.00 bits per heavy atom. The molecule has 6 nitrogen and oxygen atoms in total. The Balaban J connectivity index is 1.39. The van der Waals surface area contributed by atoms with E-state index >= 15 is 0 Å². The van der Waals surface area contributed by atoms with Crippen LogP contribution in [-0.4, -0.2) is 47.0 Å². The van der Waals surface area contributed by atoms with Crippen LogP contribution in [0.3, 0.4) is 0 Å². The van der Waals surface area contributed by atoms with Crippen molar-refractivity contribution in [2.45, 2.75) is 19.9 Å². The molecule has 1 aliphatic heterocycles. The first-order valence-corrected chi connectivity index (χ1v) is 8.19. The number of benzene rings is 1. The number of para-hydroxylation sites is 1. The lowest BCUT2D eigenvalue weighted by atomic mass is 10.1. The Morgan fingerprint density at radius 1 is 1.33 bits per heavy atom. The van der Waals surface area contributed by atoms with Crippen molar-refractivity contribution in [1.29, 1.82) is 0 Å². The lowest BCUT2D eigenvalue weighted by Crippen LogP contribution is -2.41. The van der Waals surface area contributed by atoms with E-state index < -0.39 is 0 Å². The predicted octanol–water partition coefficient (Wildman–Crippen LogP) is 1.34. The number of hydrogen-bond acceptors (Lipinski definition) is 5. The lowest BCUT2D eigenvalue weighted by Gasteiger charge is -2.27. The van der Waals surface area contributed by atoms with Gasteiger partial charge in [0.1, 0.15) is 18.2 Å². The zero-order chi connectivity index (χ0) is 16.8. The van der Waals surface area contributed by atoms with Gasteiger partial charge in [-0.1, -0.05) is 18.2 Å². The molecule has 1 aromatic heterocycles. The van der Waals surface area contributed by atoms with Gasteiger partial charge in [-0.25, -0.2) is 9.97 Å². The molecule has 0 spiro atoms. The van der Waals surface area contributed by atoms with Crippen LogP contribution in [0.25, 0.3) is 0 Å². The first-order valence-electron chi connectivity index (χ1n) is 8.19. The summed E-state index contributed by atoms with van der Waals surface area (Å²) in [7, 11) is 0. The van der Waals surface area contributed by atoms with Crippen LogP contribution in [0.4, 0.5) is 0 Å². The van der Waals surface area contributed by atoms with Gasteiger partial charge in [-0.15, -0.1) is 0 Å². The molecule has 3 rings (SSSR count). The van der Waals surface area contributed by atoms with Crippen LogP contribution in [0.1, 0.15) is 17.1 Å². The maximum Gasteiger partial charge on any atom is 0.234 e. The summed E-state index contributed by atoms with van der Waals surface area (Å²) in [6, 6.07) is 9.59. The summed E-state index contributed by atoms with van der Waals surface area (Å²) in [6.45, 7) is 4.79. The fourth-order valence-electron chi connectivity index (χ4n) is 2.73. The van der Waals surface area contributed by atoms with Gasteiger partial charge in [-0.2, -0.15) is 0 Å². The van der Waals surface area contributed by atoms with E-state index in [0.717, 1.165) is 30.2 Å². The predicted molar refractivity (Wildman–Crippen MR) is 90.7 cm³/mol. The van der Waals surface area contributed by atoms with E-state index in [2.05, 4.69) is 20.2 Å². The van der Waals surface area contributed by atoms with Gasteiger partial charge in [0, 0.05) is 19.3 Å². The highest BCUT2D eigenvalue weighted by atomic mass is 16.5. The number of carbonyl (C=O) groups excluding carboxylic acids is 1. The molecule has 126 valence electrons. The molecule has 0 radical (unpaired) electrons. The number of ether oxygens (including phenoxy) is 1. The number of nitrogens with zero attached hydrogens (tertiary/aromatic N) is 3. The molecule has 1 N–H and O–H groups in total. The van der Waals surface area contributed by atoms with E-state index in [-0.39, 0.29) is 5.91 Å². The summed E-state index contributed by atoms with van der Waals surface area (Å²) < 4.78 is 5.56. The van der Waals surface area contributed by atoms with Crippen molar-refractivity contribution in [1.82, 2.24) is 20.2 Å². The van der Waals surface area contributed by atoms with Crippen molar-refractivity contribution in [3.63, 3.8) is 0 Å². The monoisotopic (exact) mass is 326 g/mol. The number of fused-ring (bicyclic) bond motifs is 1. The van der Waals surface area contributed by atoms with Crippen molar-refractivity contribution in [2.24, 2.45) is 0 Å². The molecule has 0 aliphatic carbocycles. The van der Waals surface area contributed by atoms with Gasteiger partial charge in [0.2, 0.25) is 5.91 Å². The van der Waals surface area contributed by atoms with Gasteiger partial charge in [-0.3, -0.25) is 9.69 Å². The Morgan fingerprint density at radius 2 is 2.17 bits per heavy atom.